The van der Waals surface area contributed by atoms with Gasteiger partial charge in [0.15, 0.2) is 0 Å². The normalized spacial score (nSPS) is 11.8. The van der Waals surface area contributed by atoms with Gasteiger partial charge >= 0.3 is 0 Å². The van der Waals surface area contributed by atoms with Gasteiger partial charge in [0.2, 0.25) is 0 Å². The minimum Gasteiger partial charge on any atom is -0.492 e. The maximum atomic E-state index is 6.27. The van der Waals surface area contributed by atoms with Gasteiger partial charge in [0.1, 0.15) is 5.75 Å². The van der Waals surface area contributed by atoms with E-state index in [1.54, 1.807) is 0 Å². The second-order valence-corrected chi connectivity index (χ2v) is 4.84. The van der Waals surface area contributed by atoms with Crippen LogP contribution in [0, 0.1) is 0 Å². The molecule has 0 saturated carbocycles. The molecule has 0 saturated heterocycles. The Bertz CT molecular complexity index is 367. The highest BCUT2D eigenvalue weighted by atomic mass is 35.5. The molecule has 0 aliphatic carbocycles. The predicted molar refractivity (Wildman–Crippen MR) is 81.2 cm³/mol. The predicted octanol–water partition coefficient (Wildman–Crippen LogP) is 4.00. The van der Waals surface area contributed by atoms with Crippen LogP contribution in [0.2, 0.25) is 5.02 Å². The van der Waals surface area contributed by atoms with Crippen LogP contribution in [0.3, 0.4) is 0 Å². The summed E-state index contributed by atoms with van der Waals surface area (Å²) in [4.78, 5) is 0. The lowest BCUT2D eigenvalue weighted by Gasteiger charge is -2.15. The highest BCUT2D eigenvalue weighted by Gasteiger charge is 2.12. The number of aryl methyl sites for hydroxylation is 1. The molecule has 0 amide bonds. The van der Waals surface area contributed by atoms with Crippen molar-refractivity contribution in [1.82, 2.24) is 0 Å². The number of ether oxygens (including phenoxy) is 1. The van der Waals surface area contributed by atoms with E-state index in [1.807, 2.05) is 19.9 Å². The molecule has 0 aromatic heterocycles. The molecule has 0 spiro atoms. The number of hydrogen-bond donors (Lipinski definition) is 1. The monoisotopic (exact) mass is 291 g/mol. The third-order valence-electron chi connectivity index (χ3n) is 2.55. The summed E-state index contributed by atoms with van der Waals surface area (Å²) in [5, 5.41) is 0.702. The van der Waals surface area contributed by atoms with Crippen LogP contribution in [-0.4, -0.2) is 12.6 Å². The lowest BCUT2D eigenvalue weighted by atomic mass is 10.0. The molecule has 0 radical (unpaired) electrons. The molecular formula is C14H23Cl2NO. The van der Waals surface area contributed by atoms with Crippen molar-refractivity contribution in [1.29, 1.82) is 0 Å². The highest BCUT2D eigenvalue weighted by molar-refractivity contribution is 6.32. The third-order valence-corrected chi connectivity index (χ3v) is 2.83. The van der Waals surface area contributed by atoms with Crippen molar-refractivity contribution in [2.45, 2.75) is 46.1 Å². The minimum atomic E-state index is 0. The maximum Gasteiger partial charge on any atom is 0.141 e. The van der Waals surface area contributed by atoms with Gasteiger partial charge in [0.05, 0.1) is 11.6 Å². The Labute approximate surface area is 121 Å². The summed E-state index contributed by atoms with van der Waals surface area (Å²) in [6.45, 7) is 6.75. The van der Waals surface area contributed by atoms with Crippen LogP contribution in [0.25, 0.3) is 0 Å². The molecule has 2 N–H and O–H groups in total. The average molecular weight is 292 g/mol. The molecule has 2 nitrogen and oxygen atoms in total. The van der Waals surface area contributed by atoms with Crippen molar-refractivity contribution < 1.29 is 4.74 Å². The van der Waals surface area contributed by atoms with Crippen molar-refractivity contribution in [3.8, 4) is 5.75 Å². The smallest absolute Gasteiger partial charge is 0.141 e. The molecule has 1 aromatic rings. The Hall–Kier alpha value is -0.440. The van der Waals surface area contributed by atoms with Gasteiger partial charge in [0, 0.05) is 6.04 Å². The first-order valence-electron chi connectivity index (χ1n) is 6.28. The molecule has 1 aromatic carbocycles. The zero-order valence-electron chi connectivity index (χ0n) is 11.3. The highest BCUT2D eigenvalue weighted by Crippen LogP contribution is 2.31. The quantitative estimate of drug-likeness (QED) is 0.860. The van der Waals surface area contributed by atoms with Crippen molar-refractivity contribution >= 4 is 24.0 Å². The van der Waals surface area contributed by atoms with E-state index in [2.05, 4.69) is 13.0 Å². The SMILES string of the molecule is CCCc1cc(Cl)c(OCC)c(CC(C)N)c1.Cl. The molecule has 1 atom stereocenters. The first-order chi connectivity index (χ1) is 8.08. The summed E-state index contributed by atoms with van der Waals surface area (Å²) in [6, 6.07) is 4.28. The van der Waals surface area contributed by atoms with Crippen LogP contribution < -0.4 is 10.5 Å². The molecule has 1 rings (SSSR count). The third kappa shape index (κ3) is 5.05. The molecule has 18 heavy (non-hydrogen) atoms. The lowest BCUT2D eigenvalue weighted by molar-refractivity contribution is 0.336. The van der Waals surface area contributed by atoms with Crippen LogP contribution in [0.5, 0.6) is 5.75 Å². The Morgan fingerprint density at radius 3 is 2.50 bits per heavy atom. The Balaban J connectivity index is 0.00000289. The van der Waals surface area contributed by atoms with Crippen LogP contribution in [-0.2, 0) is 12.8 Å². The number of benzene rings is 1. The molecular weight excluding hydrogens is 269 g/mol. The van der Waals surface area contributed by atoms with E-state index >= 15 is 0 Å². The van der Waals surface area contributed by atoms with Crippen LogP contribution in [0.1, 0.15) is 38.3 Å². The molecule has 0 bridgehead atoms. The molecule has 0 aliphatic rings. The lowest BCUT2D eigenvalue weighted by Crippen LogP contribution is -2.18. The van der Waals surface area contributed by atoms with E-state index in [1.165, 1.54) is 5.56 Å². The summed E-state index contributed by atoms with van der Waals surface area (Å²) in [7, 11) is 0. The summed E-state index contributed by atoms with van der Waals surface area (Å²) < 4.78 is 5.61. The minimum absolute atomic E-state index is 0. The van der Waals surface area contributed by atoms with E-state index in [9.17, 15) is 0 Å². The second kappa shape index (κ2) is 8.63. The van der Waals surface area contributed by atoms with Gasteiger partial charge in [-0.3, -0.25) is 0 Å². The van der Waals surface area contributed by atoms with Crippen molar-refractivity contribution in [2.24, 2.45) is 5.73 Å². The maximum absolute atomic E-state index is 6.27. The summed E-state index contributed by atoms with van der Waals surface area (Å²) >= 11 is 6.27. The van der Waals surface area contributed by atoms with Crippen molar-refractivity contribution in [2.75, 3.05) is 6.61 Å². The summed E-state index contributed by atoms with van der Waals surface area (Å²) in [5.74, 6) is 0.798. The fourth-order valence-corrected chi connectivity index (χ4v) is 2.27. The number of nitrogens with two attached hydrogens (primary N) is 1. The van der Waals surface area contributed by atoms with Gasteiger partial charge in [-0.15, -0.1) is 12.4 Å². The van der Waals surface area contributed by atoms with Crippen molar-refractivity contribution in [3.05, 3.63) is 28.3 Å². The zero-order chi connectivity index (χ0) is 12.8. The van der Waals surface area contributed by atoms with Crippen LogP contribution in [0.15, 0.2) is 12.1 Å². The Morgan fingerprint density at radius 1 is 1.33 bits per heavy atom. The molecule has 0 aliphatic heterocycles. The Kier molecular flexibility index (Phi) is 8.41. The van der Waals surface area contributed by atoms with Gasteiger partial charge in [-0.2, -0.15) is 0 Å². The molecule has 0 heterocycles. The van der Waals surface area contributed by atoms with Gasteiger partial charge in [-0.25, -0.2) is 0 Å². The average Bonchev–Trinajstić information content (AvgIpc) is 2.23. The molecule has 0 fully saturated rings. The van der Waals surface area contributed by atoms with Crippen molar-refractivity contribution in [3.63, 3.8) is 0 Å². The molecule has 1 unspecified atom stereocenters. The van der Waals surface area contributed by atoms with E-state index < -0.39 is 0 Å². The number of halogens is 2. The standard InChI is InChI=1S/C14H22ClNO.ClH/c1-4-6-11-8-12(7-10(3)16)14(17-5-2)13(15)9-11;/h8-10H,4-7,16H2,1-3H3;1H. The van der Waals surface area contributed by atoms with E-state index in [4.69, 9.17) is 22.1 Å². The first kappa shape index (κ1) is 17.6. The zero-order valence-corrected chi connectivity index (χ0v) is 12.9. The van der Waals surface area contributed by atoms with Gasteiger partial charge in [-0.05, 0) is 43.9 Å². The number of rotatable bonds is 6. The van der Waals surface area contributed by atoms with Crippen LogP contribution in [0.4, 0.5) is 0 Å². The second-order valence-electron chi connectivity index (χ2n) is 4.43. The van der Waals surface area contributed by atoms with E-state index in [0.717, 1.165) is 30.6 Å². The van der Waals surface area contributed by atoms with Gasteiger partial charge in [-0.1, -0.05) is 31.0 Å². The van der Waals surface area contributed by atoms with E-state index in [-0.39, 0.29) is 18.4 Å². The first-order valence-corrected chi connectivity index (χ1v) is 6.65. The fraction of sp³-hybridized carbons (Fsp3) is 0.571. The van der Waals surface area contributed by atoms with Gasteiger partial charge < -0.3 is 10.5 Å². The van der Waals surface area contributed by atoms with E-state index in [0.29, 0.717) is 11.6 Å². The summed E-state index contributed by atoms with van der Waals surface area (Å²) in [5.41, 5.74) is 8.25. The fourth-order valence-electron chi connectivity index (χ4n) is 1.95. The topological polar surface area (TPSA) is 35.2 Å². The number of hydrogen-bond acceptors (Lipinski definition) is 2. The largest absolute Gasteiger partial charge is 0.492 e. The summed E-state index contributed by atoms with van der Waals surface area (Å²) in [6.07, 6.45) is 2.95. The molecule has 4 heteroatoms. The van der Waals surface area contributed by atoms with Gasteiger partial charge in [0.25, 0.3) is 0 Å². The Morgan fingerprint density at radius 2 is 2.00 bits per heavy atom. The molecule has 104 valence electrons. The van der Waals surface area contributed by atoms with Crippen LogP contribution >= 0.6 is 24.0 Å².